The van der Waals surface area contributed by atoms with E-state index >= 15 is 0 Å². The molecule has 0 saturated heterocycles. The molecule has 0 saturated carbocycles. The van der Waals surface area contributed by atoms with E-state index in [-0.39, 0.29) is 5.75 Å². The number of aromatic hydroxyl groups is 1. The Bertz CT molecular complexity index is 263. The van der Waals surface area contributed by atoms with Gasteiger partial charge in [-0.2, -0.15) is 0 Å². The summed E-state index contributed by atoms with van der Waals surface area (Å²) in [6.07, 6.45) is 0. The molecule has 0 aromatic heterocycles. The molecule has 1 rings (SSSR count). The standard InChI is InChI=1S/C8H10INO2/c1-12-8-2-5(4-10)6(9)3-7(8)11/h2-3,11H,4,10H2,1H3. The minimum atomic E-state index is 0.152. The zero-order valence-electron chi connectivity index (χ0n) is 6.67. The molecule has 4 heteroatoms. The molecule has 0 spiro atoms. The van der Waals surface area contributed by atoms with Crippen molar-refractivity contribution in [1.82, 2.24) is 0 Å². The van der Waals surface area contributed by atoms with Gasteiger partial charge in [0.1, 0.15) is 0 Å². The number of phenolic OH excluding ortho intramolecular Hbond substituents is 1. The third kappa shape index (κ3) is 1.81. The van der Waals surface area contributed by atoms with Crippen LogP contribution in [-0.4, -0.2) is 12.2 Å². The summed E-state index contributed by atoms with van der Waals surface area (Å²) in [5.41, 5.74) is 6.46. The van der Waals surface area contributed by atoms with Crippen LogP contribution in [0.2, 0.25) is 0 Å². The number of benzene rings is 1. The summed E-state index contributed by atoms with van der Waals surface area (Å²) in [7, 11) is 1.52. The van der Waals surface area contributed by atoms with Gasteiger partial charge in [0.15, 0.2) is 11.5 Å². The van der Waals surface area contributed by atoms with E-state index in [9.17, 15) is 5.11 Å². The molecule has 3 nitrogen and oxygen atoms in total. The largest absolute Gasteiger partial charge is 0.504 e. The summed E-state index contributed by atoms with van der Waals surface area (Å²) < 4.78 is 5.89. The van der Waals surface area contributed by atoms with Crippen LogP contribution >= 0.6 is 22.6 Å². The minimum Gasteiger partial charge on any atom is -0.504 e. The maximum Gasteiger partial charge on any atom is 0.160 e. The molecule has 0 aliphatic rings. The van der Waals surface area contributed by atoms with Gasteiger partial charge in [-0.25, -0.2) is 0 Å². The lowest BCUT2D eigenvalue weighted by Gasteiger charge is -2.07. The second-order valence-electron chi connectivity index (χ2n) is 2.32. The van der Waals surface area contributed by atoms with Crippen molar-refractivity contribution >= 4 is 22.6 Å². The topological polar surface area (TPSA) is 55.5 Å². The van der Waals surface area contributed by atoms with Crippen LogP contribution in [-0.2, 0) is 6.54 Å². The summed E-state index contributed by atoms with van der Waals surface area (Å²) in [5, 5.41) is 9.34. The molecular formula is C8H10INO2. The highest BCUT2D eigenvalue weighted by Crippen LogP contribution is 2.29. The van der Waals surface area contributed by atoms with Crippen LogP contribution in [0.3, 0.4) is 0 Å². The van der Waals surface area contributed by atoms with Crippen molar-refractivity contribution in [2.45, 2.75) is 6.54 Å². The van der Waals surface area contributed by atoms with Gasteiger partial charge in [-0.15, -0.1) is 0 Å². The van der Waals surface area contributed by atoms with Gasteiger partial charge in [0, 0.05) is 10.1 Å². The molecule has 0 aliphatic carbocycles. The van der Waals surface area contributed by atoms with Gasteiger partial charge < -0.3 is 15.6 Å². The number of nitrogens with two attached hydrogens (primary N) is 1. The average molecular weight is 279 g/mol. The van der Waals surface area contributed by atoms with Crippen LogP contribution < -0.4 is 10.5 Å². The number of hydrogen-bond acceptors (Lipinski definition) is 3. The fourth-order valence-corrected chi connectivity index (χ4v) is 1.58. The monoisotopic (exact) mass is 279 g/mol. The van der Waals surface area contributed by atoms with Crippen molar-refractivity contribution in [1.29, 1.82) is 0 Å². The van der Waals surface area contributed by atoms with Gasteiger partial charge in [0.25, 0.3) is 0 Å². The minimum absolute atomic E-state index is 0.152. The van der Waals surface area contributed by atoms with Crippen LogP contribution in [0.15, 0.2) is 12.1 Å². The molecule has 1 aromatic rings. The van der Waals surface area contributed by atoms with E-state index in [0.29, 0.717) is 12.3 Å². The van der Waals surface area contributed by atoms with Crippen LogP contribution in [0.5, 0.6) is 11.5 Å². The molecule has 1 aromatic carbocycles. The smallest absolute Gasteiger partial charge is 0.160 e. The molecule has 0 amide bonds. The first-order valence-electron chi connectivity index (χ1n) is 3.44. The van der Waals surface area contributed by atoms with Crippen molar-refractivity contribution in [2.75, 3.05) is 7.11 Å². The summed E-state index contributed by atoms with van der Waals surface area (Å²) in [6.45, 7) is 0.453. The van der Waals surface area contributed by atoms with E-state index in [0.717, 1.165) is 9.13 Å². The predicted molar refractivity (Wildman–Crippen MR) is 55.3 cm³/mol. The van der Waals surface area contributed by atoms with Gasteiger partial charge in [0.05, 0.1) is 7.11 Å². The summed E-state index contributed by atoms with van der Waals surface area (Å²) >= 11 is 2.12. The Labute approximate surface area is 84.7 Å². The van der Waals surface area contributed by atoms with Crippen LogP contribution in [0.4, 0.5) is 0 Å². The molecule has 3 N–H and O–H groups in total. The second-order valence-corrected chi connectivity index (χ2v) is 3.48. The molecular weight excluding hydrogens is 269 g/mol. The van der Waals surface area contributed by atoms with E-state index in [4.69, 9.17) is 10.5 Å². The van der Waals surface area contributed by atoms with E-state index in [1.54, 1.807) is 12.1 Å². The van der Waals surface area contributed by atoms with Crippen LogP contribution in [0.25, 0.3) is 0 Å². The van der Waals surface area contributed by atoms with Gasteiger partial charge in [-0.3, -0.25) is 0 Å². The lowest BCUT2D eigenvalue weighted by Crippen LogP contribution is -1.99. The van der Waals surface area contributed by atoms with E-state index in [1.807, 2.05) is 0 Å². The quantitative estimate of drug-likeness (QED) is 0.806. The maximum atomic E-state index is 9.34. The number of hydrogen-bond donors (Lipinski definition) is 2. The first-order valence-corrected chi connectivity index (χ1v) is 4.52. The summed E-state index contributed by atoms with van der Waals surface area (Å²) in [4.78, 5) is 0. The number of halogens is 1. The van der Waals surface area contributed by atoms with E-state index in [1.165, 1.54) is 7.11 Å². The number of methoxy groups -OCH3 is 1. The molecule has 12 heavy (non-hydrogen) atoms. The third-order valence-corrected chi connectivity index (χ3v) is 2.57. The van der Waals surface area contributed by atoms with E-state index in [2.05, 4.69) is 22.6 Å². The normalized spacial score (nSPS) is 9.92. The highest BCUT2D eigenvalue weighted by molar-refractivity contribution is 14.1. The first kappa shape index (κ1) is 9.60. The maximum absolute atomic E-state index is 9.34. The zero-order chi connectivity index (χ0) is 9.14. The van der Waals surface area contributed by atoms with Crippen molar-refractivity contribution < 1.29 is 9.84 Å². The Morgan fingerprint density at radius 3 is 2.75 bits per heavy atom. The van der Waals surface area contributed by atoms with Crippen molar-refractivity contribution in [2.24, 2.45) is 5.73 Å². The fraction of sp³-hybridized carbons (Fsp3) is 0.250. The molecule has 0 radical (unpaired) electrons. The second kappa shape index (κ2) is 3.95. The Hall–Kier alpha value is -0.490. The number of ether oxygens (including phenoxy) is 1. The molecule has 0 bridgehead atoms. The van der Waals surface area contributed by atoms with Gasteiger partial charge in [-0.05, 0) is 40.3 Å². The number of phenols is 1. The Balaban J connectivity index is 3.18. The van der Waals surface area contributed by atoms with Crippen molar-refractivity contribution in [3.8, 4) is 11.5 Å². The Morgan fingerprint density at radius 1 is 1.58 bits per heavy atom. The van der Waals surface area contributed by atoms with E-state index < -0.39 is 0 Å². The molecule has 66 valence electrons. The fourth-order valence-electron chi connectivity index (χ4n) is 0.905. The SMILES string of the molecule is COc1cc(CN)c(I)cc1O. The summed E-state index contributed by atoms with van der Waals surface area (Å²) in [5.74, 6) is 0.620. The van der Waals surface area contributed by atoms with Crippen LogP contribution in [0.1, 0.15) is 5.56 Å². The molecule has 0 fully saturated rings. The highest BCUT2D eigenvalue weighted by Gasteiger charge is 2.05. The van der Waals surface area contributed by atoms with Gasteiger partial charge in [-0.1, -0.05) is 0 Å². The Morgan fingerprint density at radius 2 is 2.25 bits per heavy atom. The number of rotatable bonds is 2. The third-order valence-electron chi connectivity index (χ3n) is 1.57. The lowest BCUT2D eigenvalue weighted by molar-refractivity contribution is 0.372. The summed E-state index contributed by atoms with van der Waals surface area (Å²) in [6, 6.07) is 3.39. The molecule has 0 aliphatic heterocycles. The van der Waals surface area contributed by atoms with Gasteiger partial charge in [0.2, 0.25) is 0 Å². The highest BCUT2D eigenvalue weighted by atomic mass is 127. The first-order chi connectivity index (χ1) is 5.69. The van der Waals surface area contributed by atoms with Crippen LogP contribution in [0, 0.1) is 3.57 Å². The molecule has 0 atom stereocenters. The van der Waals surface area contributed by atoms with Crippen molar-refractivity contribution in [3.05, 3.63) is 21.3 Å². The van der Waals surface area contributed by atoms with Crippen molar-refractivity contribution in [3.63, 3.8) is 0 Å². The molecule has 0 unspecified atom stereocenters. The van der Waals surface area contributed by atoms with Gasteiger partial charge >= 0.3 is 0 Å². The zero-order valence-corrected chi connectivity index (χ0v) is 8.83. The molecule has 0 heterocycles. The predicted octanol–water partition coefficient (Wildman–Crippen LogP) is 1.46. The average Bonchev–Trinajstić information content (AvgIpc) is 2.05. The lowest BCUT2D eigenvalue weighted by atomic mass is 10.2. The Kier molecular flexibility index (Phi) is 3.16.